The first kappa shape index (κ1) is 12.0. The standard InChI is InChI=1S/C8H12N4O4/c1-3-15-8(14)11-10-7(13)4-6-9-5(2)16-12-6/h3-4H2,1-2H3,(H,10,13)(H,11,14). The topological polar surface area (TPSA) is 106 Å². The van der Waals surface area contributed by atoms with E-state index in [1.807, 2.05) is 0 Å². The monoisotopic (exact) mass is 228 g/mol. The van der Waals surface area contributed by atoms with Crippen LogP contribution in [0.2, 0.25) is 0 Å². The molecule has 0 saturated heterocycles. The van der Waals surface area contributed by atoms with E-state index in [-0.39, 0.29) is 18.9 Å². The number of ether oxygens (including phenoxy) is 1. The summed E-state index contributed by atoms with van der Waals surface area (Å²) in [6, 6.07) is 0. The van der Waals surface area contributed by atoms with Crippen molar-refractivity contribution in [2.45, 2.75) is 20.3 Å². The molecule has 0 fully saturated rings. The van der Waals surface area contributed by atoms with Gasteiger partial charge in [-0.05, 0) is 6.92 Å². The van der Waals surface area contributed by atoms with Gasteiger partial charge in [-0.15, -0.1) is 0 Å². The fourth-order valence-electron chi connectivity index (χ4n) is 0.889. The van der Waals surface area contributed by atoms with Crippen LogP contribution in [0.25, 0.3) is 0 Å². The molecule has 0 aromatic carbocycles. The van der Waals surface area contributed by atoms with Crippen LogP contribution >= 0.6 is 0 Å². The van der Waals surface area contributed by atoms with E-state index in [0.717, 1.165) is 0 Å². The van der Waals surface area contributed by atoms with E-state index in [1.165, 1.54) is 0 Å². The summed E-state index contributed by atoms with van der Waals surface area (Å²) in [7, 11) is 0. The Kier molecular flexibility index (Phi) is 4.25. The van der Waals surface area contributed by atoms with E-state index in [2.05, 4.69) is 30.3 Å². The van der Waals surface area contributed by atoms with E-state index in [0.29, 0.717) is 5.89 Å². The van der Waals surface area contributed by atoms with Gasteiger partial charge in [0.1, 0.15) is 0 Å². The lowest BCUT2D eigenvalue weighted by atomic mass is 10.4. The smallest absolute Gasteiger partial charge is 0.426 e. The van der Waals surface area contributed by atoms with Gasteiger partial charge in [0.15, 0.2) is 5.82 Å². The fourth-order valence-corrected chi connectivity index (χ4v) is 0.889. The Balaban J connectivity index is 2.28. The highest BCUT2D eigenvalue weighted by Gasteiger charge is 2.09. The number of carbonyl (C=O) groups excluding carboxylic acids is 2. The van der Waals surface area contributed by atoms with Crippen molar-refractivity contribution in [3.63, 3.8) is 0 Å². The maximum absolute atomic E-state index is 11.2. The van der Waals surface area contributed by atoms with Crippen LogP contribution in [-0.2, 0) is 16.0 Å². The Morgan fingerprint density at radius 2 is 2.19 bits per heavy atom. The zero-order chi connectivity index (χ0) is 12.0. The van der Waals surface area contributed by atoms with Crippen molar-refractivity contribution in [1.82, 2.24) is 21.0 Å². The molecule has 88 valence electrons. The molecule has 0 saturated carbocycles. The number of aryl methyl sites for hydroxylation is 1. The first-order valence-electron chi connectivity index (χ1n) is 4.62. The van der Waals surface area contributed by atoms with Gasteiger partial charge in [0.25, 0.3) is 0 Å². The predicted octanol–water partition coefficient (Wildman–Crippen LogP) is -0.302. The van der Waals surface area contributed by atoms with Crippen LogP contribution < -0.4 is 10.9 Å². The van der Waals surface area contributed by atoms with Crippen molar-refractivity contribution in [1.29, 1.82) is 0 Å². The molecular weight excluding hydrogens is 216 g/mol. The van der Waals surface area contributed by atoms with E-state index in [4.69, 9.17) is 0 Å². The molecule has 1 heterocycles. The maximum Gasteiger partial charge on any atom is 0.426 e. The van der Waals surface area contributed by atoms with Gasteiger partial charge >= 0.3 is 6.09 Å². The van der Waals surface area contributed by atoms with Crippen molar-refractivity contribution in [3.8, 4) is 0 Å². The van der Waals surface area contributed by atoms with Gasteiger partial charge in [-0.2, -0.15) is 4.98 Å². The number of nitrogens with zero attached hydrogens (tertiary/aromatic N) is 2. The zero-order valence-corrected chi connectivity index (χ0v) is 8.94. The fraction of sp³-hybridized carbons (Fsp3) is 0.500. The van der Waals surface area contributed by atoms with Crippen LogP contribution in [-0.4, -0.2) is 28.7 Å². The van der Waals surface area contributed by atoms with E-state index >= 15 is 0 Å². The lowest BCUT2D eigenvalue weighted by Crippen LogP contribution is -2.42. The van der Waals surface area contributed by atoms with Crippen molar-refractivity contribution in [2.75, 3.05) is 6.61 Å². The first-order valence-corrected chi connectivity index (χ1v) is 4.62. The predicted molar refractivity (Wildman–Crippen MR) is 51.0 cm³/mol. The minimum absolute atomic E-state index is 0.0796. The van der Waals surface area contributed by atoms with E-state index in [1.54, 1.807) is 13.8 Å². The van der Waals surface area contributed by atoms with Gasteiger partial charge in [0.05, 0.1) is 13.0 Å². The minimum atomic E-state index is -0.722. The summed E-state index contributed by atoms with van der Waals surface area (Å²) in [5.41, 5.74) is 4.20. The molecule has 0 unspecified atom stereocenters. The number of rotatable bonds is 3. The zero-order valence-electron chi connectivity index (χ0n) is 8.94. The first-order chi connectivity index (χ1) is 7.61. The van der Waals surface area contributed by atoms with E-state index in [9.17, 15) is 9.59 Å². The highest BCUT2D eigenvalue weighted by atomic mass is 16.6. The Morgan fingerprint density at radius 1 is 1.44 bits per heavy atom. The van der Waals surface area contributed by atoms with Crippen molar-refractivity contribution in [2.24, 2.45) is 0 Å². The molecule has 1 rings (SSSR count). The minimum Gasteiger partial charge on any atom is -0.449 e. The van der Waals surface area contributed by atoms with E-state index < -0.39 is 12.0 Å². The molecule has 8 nitrogen and oxygen atoms in total. The van der Waals surface area contributed by atoms with Crippen LogP contribution in [0.1, 0.15) is 18.6 Å². The summed E-state index contributed by atoms with van der Waals surface area (Å²) in [5, 5.41) is 3.53. The second-order valence-electron chi connectivity index (χ2n) is 2.80. The number of hydrazine groups is 1. The highest BCUT2D eigenvalue weighted by Crippen LogP contribution is 1.95. The third kappa shape index (κ3) is 3.95. The Morgan fingerprint density at radius 3 is 2.75 bits per heavy atom. The molecule has 16 heavy (non-hydrogen) atoms. The lowest BCUT2D eigenvalue weighted by Gasteiger charge is -2.05. The molecule has 0 spiro atoms. The molecule has 0 atom stereocenters. The molecule has 1 aromatic heterocycles. The Bertz CT molecular complexity index is 376. The van der Waals surface area contributed by atoms with Crippen LogP contribution in [0.3, 0.4) is 0 Å². The number of hydrogen-bond acceptors (Lipinski definition) is 6. The van der Waals surface area contributed by atoms with Gasteiger partial charge in [0.2, 0.25) is 11.8 Å². The Hall–Kier alpha value is -2.12. The summed E-state index contributed by atoms with van der Waals surface area (Å²) in [4.78, 5) is 25.9. The number of aromatic nitrogens is 2. The molecule has 2 amide bonds. The van der Waals surface area contributed by atoms with Gasteiger partial charge in [-0.1, -0.05) is 5.16 Å². The van der Waals surface area contributed by atoms with Crippen LogP contribution in [0.4, 0.5) is 4.79 Å². The number of amides is 2. The second-order valence-corrected chi connectivity index (χ2v) is 2.80. The summed E-state index contributed by atoms with van der Waals surface area (Å²) >= 11 is 0. The lowest BCUT2D eigenvalue weighted by molar-refractivity contribution is -0.121. The van der Waals surface area contributed by atoms with Gasteiger partial charge < -0.3 is 9.26 Å². The van der Waals surface area contributed by atoms with Crippen molar-refractivity contribution < 1.29 is 18.8 Å². The van der Waals surface area contributed by atoms with Crippen LogP contribution in [0.15, 0.2) is 4.52 Å². The van der Waals surface area contributed by atoms with Crippen LogP contribution in [0.5, 0.6) is 0 Å². The summed E-state index contributed by atoms with van der Waals surface area (Å²) in [5.74, 6) is 0.163. The SMILES string of the molecule is CCOC(=O)NNC(=O)Cc1noc(C)n1. The molecule has 2 N–H and O–H groups in total. The molecule has 0 radical (unpaired) electrons. The maximum atomic E-state index is 11.2. The molecule has 0 aliphatic rings. The van der Waals surface area contributed by atoms with Crippen molar-refractivity contribution >= 4 is 12.0 Å². The number of nitrogens with one attached hydrogen (secondary N) is 2. The Labute approximate surface area is 91.3 Å². The molecule has 1 aromatic rings. The van der Waals surface area contributed by atoms with Crippen LogP contribution in [0, 0.1) is 6.92 Å². The van der Waals surface area contributed by atoms with Gasteiger partial charge in [-0.25, -0.2) is 10.2 Å². The normalized spacial score (nSPS) is 9.62. The average molecular weight is 228 g/mol. The number of carbonyl (C=O) groups is 2. The molecule has 0 aliphatic heterocycles. The molecular formula is C8H12N4O4. The summed E-state index contributed by atoms with van der Waals surface area (Å²) in [6.07, 6.45) is -0.802. The summed E-state index contributed by atoms with van der Waals surface area (Å²) in [6.45, 7) is 3.50. The summed E-state index contributed by atoms with van der Waals surface area (Å²) < 4.78 is 9.21. The van der Waals surface area contributed by atoms with Gasteiger partial charge in [-0.3, -0.25) is 10.2 Å². The highest BCUT2D eigenvalue weighted by molar-refractivity contribution is 5.80. The largest absolute Gasteiger partial charge is 0.449 e. The second kappa shape index (κ2) is 5.69. The molecule has 0 bridgehead atoms. The third-order valence-electron chi connectivity index (χ3n) is 1.47. The van der Waals surface area contributed by atoms with Gasteiger partial charge in [0, 0.05) is 6.92 Å². The molecule has 0 aliphatic carbocycles. The quantitative estimate of drug-likeness (QED) is 0.688. The number of hydrogen-bond donors (Lipinski definition) is 2. The molecule has 8 heteroatoms. The third-order valence-corrected chi connectivity index (χ3v) is 1.47. The van der Waals surface area contributed by atoms with Crippen molar-refractivity contribution in [3.05, 3.63) is 11.7 Å². The average Bonchev–Trinajstić information content (AvgIpc) is 2.61.